The van der Waals surface area contributed by atoms with Crippen molar-refractivity contribution in [3.63, 3.8) is 0 Å². The molecule has 8 rings (SSSR count). The van der Waals surface area contributed by atoms with Gasteiger partial charge in [0.2, 0.25) is 14.6 Å². The molecule has 4 nitrogen and oxygen atoms in total. The van der Waals surface area contributed by atoms with Gasteiger partial charge in [-0.05, 0) is 95.1 Å². The second kappa shape index (κ2) is 16.8. The first-order valence-electron chi connectivity index (χ1n) is 18.3. The number of benzene rings is 8. The van der Waals surface area contributed by atoms with Gasteiger partial charge in [-0.1, -0.05) is 158 Å². The van der Waals surface area contributed by atoms with E-state index in [0.717, 1.165) is 32.3 Å². The summed E-state index contributed by atoms with van der Waals surface area (Å²) in [5.74, 6) is 0. The van der Waals surface area contributed by atoms with E-state index in [-0.39, 0.29) is 12.1 Å². The molecule has 0 saturated heterocycles. The van der Waals surface area contributed by atoms with Crippen molar-refractivity contribution < 1.29 is 9.13 Å². The lowest BCUT2D eigenvalue weighted by Crippen LogP contribution is -2.29. The molecule has 0 aliphatic heterocycles. The Bertz CT molecular complexity index is 2270. The zero-order valence-corrected chi connectivity index (χ0v) is 32.3. The van der Waals surface area contributed by atoms with Gasteiger partial charge in [-0.25, -0.2) is 0 Å². The molecule has 0 amide bonds. The first kappa shape index (κ1) is 37.0. The third-order valence-electron chi connectivity index (χ3n) is 9.81. The molecule has 8 aromatic carbocycles. The summed E-state index contributed by atoms with van der Waals surface area (Å²) in [6.45, 7) is 4.17. The monoisotopic (exact) mass is 742 g/mol. The zero-order valence-electron chi connectivity index (χ0n) is 30.5. The molecule has 0 saturated carbocycles. The molecule has 0 aliphatic rings. The second-order valence-corrected chi connectivity index (χ2v) is 18.4. The molecule has 0 heterocycles. The molecular weight excluding hydrogens is 698 g/mol. The van der Waals surface area contributed by atoms with E-state index in [0.29, 0.717) is 0 Å². The van der Waals surface area contributed by atoms with Gasteiger partial charge in [-0.2, -0.15) is 0 Å². The highest BCUT2D eigenvalue weighted by Gasteiger charge is 2.31. The average Bonchev–Trinajstić information content (AvgIpc) is 3.24. The molecule has 0 aliphatic carbocycles. The molecule has 0 fully saturated rings. The Hall–Kier alpha value is -5.34. The van der Waals surface area contributed by atoms with Gasteiger partial charge in [0.1, 0.15) is 0 Å². The van der Waals surface area contributed by atoms with Gasteiger partial charge >= 0.3 is 0 Å². The first-order valence-corrected chi connectivity index (χ1v) is 21.7. The van der Waals surface area contributed by atoms with E-state index in [9.17, 15) is 9.13 Å². The second-order valence-electron chi connectivity index (χ2n) is 13.4. The lowest BCUT2D eigenvalue weighted by Gasteiger charge is -2.26. The smallest absolute Gasteiger partial charge is 0.205 e. The van der Waals surface area contributed by atoms with Crippen molar-refractivity contribution in [2.75, 3.05) is 0 Å². The summed E-state index contributed by atoms with van der Waals surface area (Å²) in [5.41, 5.74) is 2.31. The van der Waals surface area contributed by atoms with Gasteiger partial charge in [0.05, 0.1) is 0 Å². The van der Waals surface area contributed by atoms with E-state index in [1.807, 2.05) is 146 Å². The zero-order chi connectivity index (χ0) is 37.4. The van der Waals surface area contributed by atoms with Crippen molar-refractivity contribution >= 4 is 57.3 Å². The largest absolute Gasteiger partial charge is 0.297 e. The molecule has 2 atom stereocenters. The number of fused-ring (bicyclic) bond motifs is 2. The molecule has 8 aromatic rings. The van der Waals surface area contributed by atoms with Crippen molar-refractivity contribution in [1.82, 2.24) is 10.2 Å². The highest BCUT2D eigenvalue weighted by molar-refractivity contribution is 7.77. The molecule has 0 bridgehead atoms. The molecule has 2 N–H and O–H groups in total. The number of rotatable bonds is 10. The maximum absolute atomic E-state index is 14.2. The summed E-state index contributed by atoms with van der Waals surface area (Å²) in [6, 6.07) is 67.9. The van der Waals surface area contributed by atoms with Gasteiger partial charge in [0, 0.05) is 33.3 Å². The van der Waals surface area contributed by atoms with Crippen LogP contribution in [0.4, 0.5) is 0 Å². The van der Waals surface area contributed by atoms with Gasteiger partial charge in [0.15, 0.2) is 0 Å². The fraction of sp³-hybridized carbons (Fsp3) is 0.0833. The van der Waals surface area contributed by atoms with Crippen LogP contribution in [0.15, 0.2) is 206 Å². The number of hydrogen-bond acceptors (Lipinski definition) is 2. The van der Waals surface area contributed by atoms with Crippen molar-refractivity contribution in [2.45, 2.75) is 25.9 Å². The van der Waals surface area contributed by atoms with Crippen LogP contribution in [-0.2, 0) is 9.13 Å². The third kappa shape index (κ3) is 7.94. The predicted molar refractivity (Wildman–Crippen MR) is 231 cm³/mol. The molecule has 6 heteroatoms. The highest BCUT2D eigenvalue weighted by Crippen LogP contribution is 2.43. The Labute approximate surface area is 318 Å². The van der Waals surface area contributed by atoms with Crippen LogP contribution in [0.25, 0.3) is 21.5 Å². The summed E-state index contributed by atoms with van der Waals surface area (Å²) in [4.78, 5) is 0. The lowest BCUT2D eigenvalue weighted by molar-refractivity contribution is 0.568. The Morgan fingerprint density at radius 2 is 0.593 bits per heavy atom. The molecule has 268 valence electrons. The minimum atomic E-state index is -2.97. The van der Waals surface area contributed by atoms with Gasteiger partial charge < -0.3 is 0 Å². The van der Waals surface area contributed by atoms with E-state index in [1.165, 1.54) is 21.5 Å². The minimum Gasteiger partial charge on any atom is -0.297 e. The minimum absolute atomic E-state index is 0.0673. The Balaban J connectivity index is 0.000000167. The van der Waals surface area contributed by atoms with Crippen molar-refractivity contribution in [3.05, 3.63) is 217 Å². The molecule has 0 radical (unpaired) electrons. The quantitative estimate of drug-likeness (QED) is 0.137. The van der Waals surface area contributed by atoms with Crippen LogP contribution in [0.5, 0.6) is 0 Å². The fourth-order valence-corrected chi connectivity index (χ4v) is 12.0. The van der Waals surface area contributed by atoms with E-state index in [2.05, 4.69) is 84.7 Å². The SMILES string of the molecule is C[C@H](NP(=O)(c1ccccc1)c1ccccc1)c1cccc2ccccc12.C[C@H](NP(=O)(c1ccccc1)c1ccccc1)c1cccc2ccccc12. The van der Waals surface area contributed by atoms with Crippen LogP contribution in [0.1, 0.15) is 37.1 Å². The Kier molecular flexibility index (Phi) is 11.5. The van der Waals surface area contributed by atoms with Gasteiger partial charge in [-0.15, -0.1) is 0 Å². The molecule has 0 spiro atoms. The van der Waals surface area contributed by atoms with E-state index < -0.39 is 14.6 Å². The molecule has 54 heavy (non-hydrogen) atoms. The summed E-state index contributed by atoms with van der Waals surface area (Å²) < 4.78 is 28.5. The van der Waals surface area contributed by atoms with Crippen LogP contribution in [0.2, 0.25) is 0 Å². The summed E-state index contributed by atoms with van der Waals surface area (Å²) in [7, 11) is -5.95. The summed E-state index contributed by atoms with van der Waals surface area (Å²) in [6.07, 6.45) is 0. The normalized spacial score (nSPS) is 12.8. The maximum Gasteiger partial charge on any atom is 0.205 e. The van der Waals surface area contributed by atoms with Crippen LogP contribution >= 0.6 is 14.6 Å². The number of hydrogen-bond donors (Lipinski definition) is 2. The predicted octanol–water partition coefficient (Wildman–Crippen LogP) is 10.8. The van der Waals surface area contributed by atoms with Gasteiger partial charge in [0.25, 0.3) is 0 Å². The molecule has 0 aromatic heterocycles. The summed E-state index contributed by atoms with van der Waals surface area (Å²) >= 11 is 0. The Morgan fingerprint density at radius 1 is 0.333 bits per heavy atom. The third-order valence-corrected chi connectivity index (χ3v) is 15.4. The van der Waals surface area contributed by atoms with Crippen LogP contribution in [0.3, 0.4) is 0 Å². The first-order chi connectivity index (χ1) is 26.4. The van der Waals surface area contributed by atoms with E-state index >= 15 is 0 Å². The lowest BCUT2D eigenvalue weighted by atomic mass is 10.0. The van der Waals surface area contributed by atoms with Crippen molar-refractivity contribution in [1.29, 1.82) is 0 Å². The topological polar surface area (TPSA) is 58.2 Å². The number of nitrogens with one attached hydrogen (secondary N) is 2. The summed E-state index contributed by atoms with van der Waals surface area (Å²) in [5, 5.41) is 15.0. The Morgan fingerprint density at radius 3 is 0.907 bits per heavy atom. The van der Waals surface area contributed by atoms with E-state index in [1.54, 1.807) is 0 Å². The van der Waals surface area contributed by atoms with E-state index in [4.69, 9.17) is 0 Å². The van der Waals surface area contributed by atoms with Crippen molar-refractivity contribution in [3.8, 4) is 0 Å². The van der Waals surface area contributed by atoms with Gasteiger partial charge in [-0.3, -0.25) is 19.3 Å². The van der Waals surface area contributed by atoms with Crippen LogP contribution < -0.4 is 31.4 Å². The van der Waals surface area contributed by atoms with Crippen LogP contribution in [-0.4, -0.2) is 0 Å². The van der Waals surface area contributed by atoms with Crippen LogP contribution in [0, 0.1) is 0 Å². The fourth-order valence-electron chi connectivity index (χ4n) is 7.09. The average molecular weight is 743 g/mol. The highest BCUT2D eigenvalue weighted by atomic mass is 31.2. The molecular formula is C48H44N2O2P2. The standard InChI is InChI=1S/2C24H22NOP/c2*1-19(23-18-10-12-20-11-8-9-17-24(20)23)25-27(26,21-13-4-2-5-14-21)22-15-6-3-7-16-22/h2*2-19H,1H3,(H,25,26)/t2*19-/m00/s1. The van der Waals surface area contributed by atoms with Crippen molar-refractivity contribution in [2.24, 2.45) is 0 Å². The molecule has 0 unspecified atom stereocenters. The maximum atomic E-state index is 14.2.